The van der Waals surface area contributed by atoms with Gasteiger partial charge >= 0.3 is 0 Å². The van der Waals surface area contributed by atoms with Crippen molar-refractivity contribution in [2.45, 2.75) is 42.9 Å². The van der Waals surface area contributed by atoms with Crippen LogP contribution in [0.4, 0.5) is 5.69 Å². The number of hydrogen-bond donors (Lipinski definition) is 2. The molecule has 2 aliphatic rings. The van der Waals surface area contributed by atoms with Crippen LogP contribution in [0.2, 0.25) is 0 Å². The summed E-state index contributed by atoms with van der Waals surface area (Å²) in [4.78, 5) is 24.7. The number of carbonyl (C=O) groups is 2. The fraction of sp³-hybridized carbons (Fsp3) is 0.455. The van der Waals surface area contributed by atoms with Gasteiger partial charge in [-0.2, -0.15) is 4.31 Å². The van der Waals surface area contributed by atoms with E-state index in [1.807, 2.05) is 31.2 Å². The first kappa shape index (κ1) is 22.0. The Morgan fingerprint density at radius 3 is 2.45 bits per heavy atom. The van der Waals surface area contributed by atoms with Gasteiger partial charge in [-0.3, -0.25) is 9.59 Å². The Morgan fingerprint density at radius 1 is 1.06 bits per heavy atom. The largest absolute Gasteiger partial charge is 0.349 e. The summed E-state index contributed by atoms with van der Waals surface area (Å²) in [7, 11) is -3.54. The molecule has 1 saturated carbocycles. The molecule has 2 heterocycles. The zero-order valence-electron chi connectivity index (χ0n) is 17.4. The second-order valence-corrected chi connectivity index (χ2v) is 11.4. The molecule has 0 bridgehead atoms. The van der Waals surface area contributed by atoms with Gasteiger partial charge in [-0.15, -0.1) is 11.3 Å². The SMILES string of the molecule is CC(NC(=O)C1CCCN(S(=O)(=O)c2cccs2)C1)c1ccc(NC(=O)C2CC2)cc1. The average molecular weight is 462 g/mol. The number of rotatable bonds is 7. The molecule has 0 spiro atoms. The molecule has 166 valence electrons. The molecule has 2 atom stereocenters. The van der Waals surface area contributed by atoms with E-state index in [-0.39, 0.29) is 36.2 Å². The van der Waals surface area contributed by atoms with Crippen LogP contribution < -0.4 is 10.6 Å². The first-order valence-corrected chi connectivity index (χ1v) is 12.9. The predicted octanol–water partition coefficient (Wildman–Crippen LogP) is 3.37. The Hall–Kier alpha value is -2.23. The topological polar surface area (TPSA) is 95.6 Å². The van der Waals surface area contributed by atoms with Gasteiger partial charge in [0.1, 0.15) is 4.21 Å². The molecule has 2 fully saturated rings. The highest BCUT2D eigenvalue weighted by molar-refractivity contribution is 7.91. The number of amides is 2. The number of carbonyl (C=O) groups excluding carboxylic acids is 2. The molecule has 2 amide bonds. The molecular weight excluding hydrogens is 434 g/mol. The Balaban J connectivity index is 1.34. The van der Waals surface area contributed by atoms with Crippen LogP contribution in [0, 0.1) is 11.8 Å². The number of hydrogen-bond acceptors (Lipinski definition) is 5. The minimum absolute atomic E-state index is 0.0634. The molecule has 4 rings (SSSR count). The molecule has 9 heteroatoms. The summed E-state index contributed by atoms with van der Waals surface area (Å²) in [5, 5.41) is 7.66. The molecule has 1 aromatic heterocycles. The Kier molecular flexibility index (Phi) is 6.45. The summed E-state index contributed by atoms with van der Waals surface area (Å²) in [5.74, 6) is -0.294. The summed E-state index contributed by atoms with van der Waals surface area (Å²) in [6.07, 6.45) is 3.24. The molecule has 2 unspecified atom stereocenters. The third-order valence-corrected chi connectivity index (χ3v) is 9.07. The molecule has 1 aliphatic heterocycles. The molecule has 2 aromatic rings. The van der Waals surface area contributed by atoms with Crippen LogP contribution in [-0.4, -0.2) is 37.6 Å². The number of sulfonamides is 1. The van der Waals surface area contributed by atoms with Gasteiger partial charge in [-0.05, 0) is 61.7 Å². The van der Waals surface area contributed by atoms with E-state index in [2.05, 4.69) is 10.6 Å². The molecule has 2 N–H and O–H groups in total. The third kappa shape index (κ3) is 5.16. The van der Waals surface area contributed by atoms with Crippen LogP contribution in [0.1, 0.15) is 44.2 Å². The highest BCUT2D eigenvalue weighted by Crippen LogP contribution is 2.30. The van der Waals surface area contributed by atoms with Crippen LogP contribution >= 0.6 is 11.3 Å². The number of piperidine rings is 1. The first-order valence-electron chi connectivity index (χ1n) is 10.6. The molecule has 31 heavy (non-hydrogen) atoms. The second kappa shape index (κ2) is 9.10. The van der Waals surface area contributed by atoms with E-state index in [4.69, 9.17) is 0 Å². The van der Waals surface area contributed by atoms with Crippen molar-refractivity contribution in [3.8, 4) is 0 Å². The average Bonchev–Trinajstić information content (AvgIpc) is 3.47. The van der Waals surface area contributed by atoms with Gasteiger partial charge in [-0.1, -0.05) is 18.2 Å². The maximum absolute atomic E-state index is 12.8. The maximum Gasteiger partial charge on any atom is 0.252 e. The molecular formula is C22H27N3O4S2. The van der Waals surface area contributed by atoms with E-state index in [1.54, 1.807) is 17.5 Å². The molecule has 1 aromatic carbocycles. The molecule has 1 aliphatic carbocycles. The standard InChI is InChI=1S/C22H27N3O4S2/c1-15(16-8-10-19(11-9-16)24-21(26)17-6-7-17)23-22(27)18-4-2-12-25(14-18)31(28,29)20-5-3-13-30-20/h3,5,8-11,13,15,17-18H,2,4,6-7,12,14H2,1H3,(H,23,27)(H,24,26). The van der Waals surface area contributed by atoms with Gasteiger partial charge < -0.3 is 10.6 Å². The van der Waals surface area contributed by atoms with Crippen LogP contribution in [0.3, 0.4) is 0 Å². The van der Waals surface area contributed by atoms with Gasteiger partial charge in [0.05, 0.1) is 12.0 Å². The van der Waals surface area contributed by atoms with Crippen molar-refractivity contribution < 1.29 is 18.0 Å². The van der Waals surface area contributed by atoms with Crippen molar-refractivity contribution in [2.24, 2.45) is 11.8 Å². The van der Waals surface area contributed by atoms with E-state index in [0.29, 0.717) is 23.6 Å². The van der Waals surface area contributed by atoms with E-state index in [9.17, 15) is 18.0 Å². The van der Waals surface area contributed by atoms with E-state index in [0.717, 1.165) is 24.1 Å². The lowest BCUT2D eigenvalue weighted by molar-refractivity contribution is -0.126. The summed E-state index contributed by atoms with van der Waals surface area (Å²) in [6.45, 7) is 2.54. The van der Waals surface area contributed by atoms with E-state index >= 15 is 0 Å². The quantitative estimate of drug-likeness (QED) is 0.661. The van der Waals surface area contributed by atoms with Crippen LogP contribution in [0.5, 0.6) is 0 Å². The Morgan fingerprint density at radius 2 is 1.81 bits per heavy atom. The monoisotopic (exact) mass is 461 g/mol. The number of anilines is 1. The lowest BCUT2D eigenvalue weighted by Crippen LogP contribution is -2.45. The second-order valence-electron chi connectivity index (χ2n) is 8.25. The number of nitrogens with zero attached hydrogens (tertiary/aromatic N) is 1. The molecule has 0 radical (unpaired) electrons. The lowest BCUT2D eigenvalue weighted by Gasteiger charge is -2.31. The number of thiophene rings is 1. The smallest absolute Gasteiger partial charge is 0.252 e. The zero-order chi connectivity index (χ0) is 22.0. The zero-order valence-corrected chi connectivity index (χ0v) is 19.0. The van der Waals surface area contributed by atoms with Gasteiger partial charge in [-0.25, -0.2) is 8.42 Å². The van der Waals surface area contributed by atoms with Crippen molar-refractivity contribution in [1.82, 2.24) is 9.62 Å². The summed E-state index contributed by atoms with van der Waals surface area (Å²) in [5.41, 5.74) is 1.68. The predicted molar refractivity (Wildman–Crippen MR) is 120 cm³/mol. The van der Waals surface area contributed by atoms with Crippen LogP contribution in [-0.2, 0) is 19.6 Å². The van der Waals surface area contributed by atoms with E-state index in [1.165, 1.54) is 15.6 Å². The Bertz CT molecular complexity index is 1030. The van der Waals surface area contributed by atoms with Crippen molar-refractivity contribution in [1.29, 1.82) is 0 Å². The minimum atomic E-state index is -3.54. The van der Waals surface area contributed by atoms with Gasteiger partial charge in [0.15, 0.2) is 0 Å². The van der Waals surface area contributed by atoms with Crippen molar-refractivity contribution >= 4 is 38.9 Å². The highest BCUT2D eigenvalue weighted by atomic mass is 32.2. The maximum atomic E-state index is 12.8. The molecule has 1 saturated heterocycles. The van der Waals surface area contributed by atoms with Gasteiger partial charge in [0, 0.05) is 24.7 Å². The highest BCUT2D eigenvalue weighted by Gasteiger charge is 2.34. The van der Waals surface area contributed by atoms with E-state index < -0.39 is 10.0 Å². The van der Waals surface area contributed by atoms with Crippen molar-refractivity contribution in [3.05, 3.63) is 47.3 Å². The fourth-order valence-electron chi connectivity index (χ4n) is 3.77. The summed E-state index contributed by atoms with van der Waals surface area (Å²) < 4.78 is 27.3. The van der Waals surface area contributed by atoms with Crippen molar-refractivity contribution in [2.75, 3.05) is 18.4 Å². The van der Waals surface area contributed by atoms with Gasteiger partial charge in [0.2, 0.25) is 11.8 Å². The number of benzene rings is 1. The Labute approximate surface area is 186 Å². The normalized spacial score (nSPS) is 20.7. The van der Waals surface area contributed by atoms with Crippen LogP contribution in [0.15, 0.2) is 46.0 Å². The minimum Gasteiger partial charge on any atom is -0.349 e. The number of nitrogens with one attached hydrogen (secondary N) is 2. The first-order chi connectivity index (χ1) is 14.8. The third-order valence-electron chi connectivity index (χ3n) is 5.83. The van der Waals surface area contributed by atoms with Crippen LogP contribution in [0.25, 0.3) is 0 Å². The fourth-order valence-corrected chi connectivity index (χ4v) is 6.44. The van der Waals surface area contributed by atoms with Gasteiger partial charge in [0.25, 0.3) is 10.0 Å². The molecule has 7 nitrogen and oxygen atoms in total. The summed E-state index contributed by atoms with van der Waals surface area (Å²) in [6, 6.07) is 10.6. The summed E-state index contributed by atoms with van der Waals surface area (Å²) >= 11 is 1.19. The van der Waals surface area contributed by atoms with Crippen molar-refractivity contribution in [3.63, 3.8) is 0 Å². The lowest BCUT2D eigenvalue weighted by atomic mass is 9.98.